The molecule has 29 valence electrons. The fourth-order valence-corrected chi connectivity index (χ4v) is 0. The van der Waals surface area contributed by atoms with Crippen LogP contribution >= 0.6 is 12.4 Å². The summed E-state index contributed by atoms with van der Waals surface area (Å²) in [5.41, 5.74) is 0. The maximum absolute atomic E-state index is 7.57. The Bertz CT molecular complexity index is 9.61. The number of rotatable bonds is 0. The van der Waals surface area contributed by atoms with Gasteiger partial charge >= 0.3 is 0 Å². The second-order valence-electron chi connectivity index (χ2n) is 0.316. The van der Waals surface area contributed by atoms with E-state index in [0.29, 0.717) is 0 Å². The fraction of sp³-hybridized carbons (Fsp3) is 1.00. The minimum atomic E-state index is 0. The summed E-state index contributed by atoms with van der Waals surface area (Å²) in [6.45, 7) is 1.93. The Kier molecular flexibility index (Phi) is 61.1. The van der Waals surface area contributed by atoms with Crippen molar-refractivity contribution >= 4 is 42.0 Å². The third-order valence-corrected chi connectivity index (χ3v) is 0. The van der Waals surface area contributed by atoms with Crippen LogP contribution in [0.1, 0.15) is 6.92 Å². The van der Waals surface area contributed by atoms with Crippen molar-refractivity contribution in [3.8, 4) is 0 Å². The number of aliphatic hydroxyl groups is 1. The van der Waals surface area contributed by atoms with Crippen LogP contribution in [0.5, 0.6) is 0 Å². The molecule has 0 heterocycles. The quantitative estimate of drug-likeness (QED) is 0.432. The van der Waals surface area contributed by atoms with Crippen molar-refractivity contribution in [2.45, 2.75) is 6.92 Å². The molecule has 0 aliphatic heterocycles. The molecule has 0 saturated heterocycles. The Morgan fingerprint density at radius 2 is 1.60 bits per heavy atom. The van der Waals surface area contributed by atoms with E-state index in [0.717, 1.165) is 0 Å². The smallest absolute Gasteiger partial charge is 0.0402 e. The zero-order valence-corrected chi connectivity index (χ0v) is 6.38. The fourth-order valence-electron chi connectivity index (χ4n) is 0. The number of hydrogen-bond acceptors (Lipinski definition) is 1. The van der Waals surface area contributed by atoms with Gasteiger partial charge in [0, 0.05) is 36.2 Å². The van der Waals surface area contributed by atoms with E-state index in [1.54, 1.807) is 6.92 Å². The molecule has 0 bridgehead atoms. The molecule has 1 nitrogen and oxygen atoms in total. The summed E-state index contributed by atoms with van der Waals surface area (Å²) in [5.74, 6) is 0. The first kappa shape index (κ1) is 16.3. The number of aliphatic hydroxyl groups excluding tert-OH is 1. The zero-order chi connectivity index (χ0) is 2.71. The van der Waals surface area contributed by atoms with Crippen LogP contribution in [-0.2, 0) is 0 Å². The van der Waals surface area contributed by atoms with Crippen LogP contribution in [0.15, 0.2) is 0 Å². The predicted octanol–water partition coefficient (Wildman–Crippen LogP) is 0.0396. The summed E-state index contributed by atoms with van der Waals surface area (Å²) >= 11 is 0. The number of hydrogen-bond donors (Lipinski definition) is 1. The van der Waals surface area contributed by atoms with Gasteiger partial charge in [0.25, 0.3) is 0 Å². The van der Waals surface area contributed by atoms with Gasteiger partial charge in [-0.25, -0.2) is 0 Å². The molecule has 0 aromatic rings. The molecule has 1 N–H and O–H groups in total. The number of halogens is 1. The summed E-state index contributed by atoms with van der Waals surface area (Å²) in [5, 5.41) is 7.57. The Hall–Kier alpha value is 1.25. The molecule has 0 unspecified atom stereocenters. The average Bonchev–Trinajstić information content (AvgIpc) is 0.918. The van der Waals surface area contributed by atoms with E-state index in [9.17, 15) is 0 Å². The van der Waals surface area contributed by atoms with E-state index in [2.05, 4.69) is 0 Å². The molecule has 0 aliphatic carbocycles. The van der Waals surface area contributed by atoms with Crippen molar-refractivity contribution in [2.75, 3.05) is 6.61 Å². The minimum Gasteiger partial charge on any atom is -0.397 e. The average molecular weight is 106 g/mol. The van der Waals surface area contributed by atoms with Crippen molar-refractivity contribution in [1.82, 2.24) is 0 Å². The first-order valence-corrected chi connectivity index (χ1v) is 1.02. The Morgan fingerprint density at radius 1 is 1.60 bits per heavy atom. The van der Waals surface area contributed by atoms with E-state index in [-0.39, 0.29) is 48.6 Å². The van der Waals surface area contributed by atoms with E-state index in [1.165, 1.54) is 0 Å². The van der Waals surface area contributed by atoms with Gasteiger partial charge in [-0.15, -0.1) is 12.4 Å². The predicted molar refractivity (Wildman–Crippen MR) is 25.8 cm³/mol. The first-order chi connectivity index (χ1) is 1.41. The van der Waals surface area contributed by atoms with Crippen LogP contribution in [0.3, 0.4) is 0 Å². The van der Waals surface area contributed by atoms with Crippen LogP contribution < -0.4 is 0 Å². The summed E-state index contributed by atoms with van der Waals surface area (Å²) in [6, 6.07) is 0. The normalized spacial score (nSPS) is 3.60. The second-order valence-corrected chi connectivity index (χ2v) is 0.316. The van der Waals surface area contributed by atoms with E-state index < -0.39 is 0 Å². The molecule has 0 saturated carbocycles. The SMILES string of the molecule is CCO.Cl.[Na]. The van der Waals surface area contributed by atoms with E-state index >= 15 is 0 Å². The summed E-state index contributed by atoms with van der Waals surface area (Å²) in [4.78, 5) is 0. The van der Waals surface area contributed by atoms with Crippen molar-refractivity contribution < 1.29 is 5.11 Å². The molecule has 5 heavy (non-hydrogen) atoms. The summed E-state index contributed by atoms with van der Waals surface area (Å²) < 4.78 is 0. The van der Waals surface area contributed by atoms with E-state index in [1.807, 2.05) is 0 Å². The molecule has 1 radical (unpaired) electrons. The van der Waals surface area contributed by atoms with Gasteiger partial charge in [-0.2, -0.15) is 0 Å². The zero-order valence-electron chi connectivity index (χ0n) is 3.56. The molecule has 0 aromatic heterocycles. The molecule has 0 rings (SSSR count). The maximum atomic E-state index is 7.57. The Morgan fingerprint density at radius 3 is 1.60 bits per heavy atom. The maximum Gasteiger partial charge on any atom is 0.0402 e. The van der Waals surface area contributed by atoms with Crippen LogP contribution in [0.4, 0.5) is 0 Å². The van der Waals surface area contributed by atoms with Crippen LogP contribution in [-0.4, -0.2) is 41.3 Å². The van der Waals surface area contributed by atoms with E-state index in [4.69, 9.17) is 5.11 Å². The molecule has 3 heteroatoms. The third-order valence-electron chi connectivity index (χ3n) is 0. The van der Waals surface area contributed by atoms with Crippen molar-refractivity contribution in [3.63, 3.8) is 0 Å². The molecular weight excluding hydrogens is 98.5 g/mol. The van der Waals surface area contributed by atoms with Gasteiger partial charge in [0.2, 0.25) is 0 Å². The molecule has 0 aromatic carbocycles. The molecular formula is C2H7ClNaO. The van der Waals surface area contributed by atoms with Gasteiger partial charge < -0.3 is 5.11 Å². The standard InChI is InChI=1S/C2H6O.ClH.Na/c1-2-3;;/h3H,2H2,1H3;1H;. The monoisotopic (exact) mass is 105 g/mol. The topological polar surface area (TPSA) is 20.2 Å². The van der Waals surface area contributed by atoms with Crippen LogP contribution in [0.25, 0.3) is 0 Å². The van der Waals surface area contributed by atoms with Gasteiger partial charge in [0.15, 0.2) is 0 Å². The molecule has 0 spiro atoms. The second kappa shape index (κ2) is 18.7. The summed E-state index contributed by atoms with van der Waals surface area (Å²) in [7, 11) is 0. The van der Waals surface area contributed by atoms with Crippen molar-refractivity contribution in [2.24, 2.45) is 0 Å². The Balaban J connectivity index is -0.0000000200. The molecule has 0 aliphatic rings. The minimum absolute atomic E-state index is 0. The van der Waals surface area contributed by atoms with Gasteiger partial charge in [0.1, 0.15) is 0 Å². The van der Waals surface area contributed by atoms with Crippen LogP contribution in [0.2, 0.25) is 0 Å². The Labute approximate surface area is 60.5 Å². The van der Waals surface area contributed by atoms with Gasteiger partial charge in [-0.3, -0.25) is 0 Å². The van der Waals surface area contributed by atoms with Gasteiger partial charge in [-0.1, -0.05) is 0 Å². The van der Waals surface area contributed by atoms with Gasteiger partial charge in [-0.05, 0) is 6.92 Å². The molecule has 0 atom stereocenters. The van der Waals surface area contributed by atoms with Gasteiger partial charge in [0.05, 0.1) is 0 Å². The largest absolute Gasteiger partial charge is 0.397 e. The summed E-state index contributed by atoms with van der Waals surface area (Å²) in [6.07, 6.45) is 0. The molecule has 0 amide bonds. The molecule has 0 fully saturated rings. The third kappa shape index (κ3) is 35.5. The van der Waals surface area contributed by atoms with Crippen molar-refractivity contribution in [1.29, 1.82) is 0 Å². The van der Waals surface area contributed by atoms with Crippen LogP contribution in [0, 0.1) is 0 Å². The van der Waals surface area contributed by atoms with Crippen molar-refractivity contribution in [3.05, 3.63) is 0 Å². The first-order valence-electron chi connectivity index (χ1n) is 1.02.